The lowest BCUT2D eigenvalue weighted by atomic mass is 9.96. The van der Waals surface area contributed by atoms with Crippen LogP contribution in [0, 0.1) is 6.92 Å². The Hall–Kier alpha value is -1.47. The lowest BCUT2D eigenvalue weighted by Gasteiger charge is -2.30. The van der Waals surface area contributed by atoms with Crippen LogP contribution in [0.2, 0.25) is 5.02 Å². The summed E-state index contributed by atoms with van der Waals surface area (Å²) < 4.78 is 1.40. The maximum atomic E-state index is 12.6. The Balaban J connectivity index is 1.79. The molecule has 1 saturated heterocycles. The number of piperidine rings is 1. The van der Waals surface area contributed by atoms with Crippen molar-refractivity contribution >= 4 is 22.5 Å². The van der Waals surface area contributed by atoms with Crippen molar-refractivity contribution in [3.63, 3.8) is 0 Å². The Morgan fingerprint density at radius 2 is 2.29 bits per heavy atom. The van der Waals surface area contributed by atoms with Crippen LogP contribution < -0.4 is 10.9 Å². The highest BCUT2D eigenvalue weighted by Gasteiger charge is 2.25. The number of aliphatic hydroxyl groups is 2. The van der Waals surface area contributed by atoms with Crippen molar-refractivity contribution in [2.75, 3.05) is 6.54 Å². The number of fused-ring (bicyclic) bond motifs is 1. The van der Waals surface area contributed by atoms with Crippen LogP contribution in [0.1, 0.15) is 24.8 Å². The van der Waals surface area contributed by atoms with E-state index >= 15 is 0 Å². The van der Waals surface area contributed by atoms with E-state index in [1.54, 1.807) is 12.1 Å². The number of halogens is 1. The predicted octanol–water partition coefficient (Wildman–Crippen LogP) is 1.22. The Morgan fingerprint density at radius 3 is 3.04 bits per heavy atom. The van der Waals surface area contributed by atoms with Crippen molar-refractivity contribution in [2.24, 2.45) is 0 Å². The van der Waals surface area contributed by atoms with Gasteiger partial charge in [0.1, 0.15) is 0 Å². The van der Waals surface area contributed by atoms with Crippen LogP contribution >= 0.6 is 11.6 Å². The molecule has 2 aromatic rings. The van der Waals surface area contributed by atoms with Crippen molar-refractivity contribution in [1.82, 2.24) is 14.9 Å². The Labute approximate surface area is 145 Å². The van der Waals surface area contributed by atoms with Gasteiger partial charge in [0.2, 0.25) is 0 Å². The molecule has 130 valence electrons. The molecule has 0 unspecified atom stereocenters. The zero-order valence-electron chi connectivity index (χ0n) is 13.6. The molecule has 3 rings (SSSR count). The van der Waals surface area contributed by atoms with Crippen LogP contribution in [0.25, 0.3) is 10.9 Å². The van der Waals surface area contributed by atoms with Gasteiger partial charge in [-0.1, -0.05) is 11.6 Å². The highest BCUT2D eigenvalue weighted by molar-refractivity contribution is 6.31. The van der Waals surface area contributed by atoms with Crippen molar-refractivity contribution in [2.45, 2.75) is 51.0 Å². The Kier molecular flexibility index (Phi) is 5.20. The summed E-state index contributed by atoms with van der Waals surface area (Å²) in [6, 6.07) is 3.23. The van der Waals surface area contributed by atoms with Gasteiger partial charge in [0, 0.05) is 11.1 Å². The van der Waals surface area contributed by atoms with Crippen molar-refractivity contribution in [1.29, 1.82) is 0 Å². The molecule has 1 aromatic heterocycles. The van der Waals surface area contributed by atoms with Crippen LogP contribution in [0.5, 0.6) is 0 Å². The molecule has 1 aliphatic heterocycles. The first-order valence-corrected chi connectivity index (χ1v) is 8.58. The Bertz CT molecular complexity index is 792. The van der Waals surface area contributed by atoms with E-state index in [0.29, 0.717) is 22.3 Å². The highest BCUT2D eigenvalue weighted by atomic mass is 35.5. The zero-order chi connectivity index (χ0) is 17.3. The summed E-state index contributed by atoms with van der Waals surface area (Å²) in [5.74, 6) is 0. The van der Waals surface area contributed by atoms with Crippen LogP contribution in [-0.4, -0.2) is 44.6 Å². The summed E-state index contributed by atoms with van der Waals surface area (Å²) in [5, 5.41) is 24.4. The molecule has 0 aliphatic carbocycles. The van der Waals surface area contributed by atoms with E-state index in [9.17, 15) is 15.0 Å². The minimum absolute atomic E-state index is 0.137. The average Bonchev–Trinajstić information content (AvgIpc) is 2.53. The number of aliphatic hydroxyl groups excluding tert-OH is 2. The lowest BCUT2D eigenvalue weighted by molar-refractivity contribution is 0.0539. The van der Waals surface area contributed by atoms with Crippen LogP contribution in [0.15, 0.2) is 23.3 Å². The minimum Gasteiger partial charge on any atom is -0.392 e. The molecule has 1 fully saturated rings. The molecule has 2 heterocycles. The third-order valence-electron chi connectivity index (χ3n) is 4.56. The fourth-order valence-corrected chi connectivity index (χ4v) is 3.58. The smallest absolute Gasteiger partial charge is 0.261 e. The minimum atomic E-state index is -0.743. The van der Waals surface area contributed by atoms with E-state index in [0.717, 1.165) is 24.9 Å². The zero-order valence-corrected chi connectivity index (χ0v) is 14.3. The van der Waals surface area contributed by atoms with Gasteiger partial charge in [0.25, 0.3) is 5.56 Å². The van der Waals surface area contributed by atoms with Gasteiger partial charge in [-0.15, -0.1) is 0 Å². The predicted molar refractivity (Wildman–Crippen MR) is 93.4 cm³/mol. The first-order chi connectivity index (χ1) is 11.5. The number of nitrogens with zero attached hydrogens (tertiary/aromatic N) is 2. The van der Waals surface area contributed by atoms with Crippen molar-refractivity contribution in [3.05, 3.63) is 39.4 Å². The molecule has 1 aliphatic rings. The molecule has 0 spiro atoms. The van der Waals surface area contributed by atoms with Crippen LogP contribution in [0.3, 0.4) is 0 Å². The molecule has 3 N–H and O–H groups in total. The molecule has 24 heavy (non-hydrogen) atoms. The van der Waals surface area contributed by atoms with E-state index in [1.807, 2.05) is 6.92 Å². The van der Waals surface area contributed by atoms with E-state index in [4.69, 9.17) is 11.6 Å². The van der Waals surface area contributed by atoms with Gasteiger partial charge < -0.3 is 15.5 Å². The van der Waals surface area contributed by atoms with E-state index < -0.39 is 12.2 Å². The molecule has 7 heteroatoms. The highest BCUT2D eigenvalue weighted by Crippen LogP contribution is 2.19. The first kappa shape index (κ1) is 17.4. The molecular weight excluding hydrogens is 330 g/mol. The largest absolute Gasteiger partial charge is 0.392 e. The second-order valence-corrected chi connectivity index (χ2v) is 6.92. The fraction of sp³-hybridized carbons (Fsp3) is 0.529. The molecule has 0 radical (unpaired) electrons. The van der Waals surface area contributed by atoms with Gasteiger partial charge in [-0.3, -0.25) is 9.36 Å². The number of nitrogens with one attached hydrogen (secondary N) is 1. The van der Waals surface area contributed by atoms with Gasteiger partial charge >= 0.3 is 0 Å². The standard InChI is InChI=1S/C17H22ClN3O3/c1-10-5-11(18)6-13-16(10)20-9-21(17(13)24)8-12(22)7-14-15(23)3-2-4-19-14/h5-6,9,12,14-15,19,22-23H,2-4,7-8H2,1H3/t12-,14+,15-/m0/s1. The van der Waals surface area contributed by atoms with Gasteiger partial charge in [0.05, 0.1) is 36.0 Å². The topological polar surface area (TPSA) is 87.4 Å². The third-order valence-corrected chi connectivity index (χ3v) is 4.78. The number of hydrogen-bond donors (Lipinski definition) is 3. The summed E-state index contributed by atoms with van der Waals surface area (Å²) in [6.07, 6.45) is 2.31. The molecule has 1 aromatic carbocycles. The molecule has 0 bridgehead atoms. The van der Waals surface area contributed by atoms with Crippen molar-refractivity contribution < 1.29 is 10.2 Å². The Morgan fingerprint density at radius 1 is 1.50 bits per heavy atom. The quantitative estimate of drug-likeness (QED) is 0.771. The third kappa shape index (κ3) is 3.62. The summed E-state index contributed by atoms with van der Waals surface area (Å²) >= 11 is 6.04. The van der Waals surface area contributed by atoms with E-state index in [1.165, 1.54) is 10.9 Å². The lowest BCUT2D eigenvalue weighted by Crippen LogP contribution is -2.47. The monoisotopic (exact) mass is 351 g/mol. The maximum Gasteiger partial charge on any atom is 0.261 e. The summed E-state index contributed by atoms with van der Waals surface area (Å²) in [4.78, 5) is 16.9. The van der Waals surface area contributed by atoms with Crippen molar-refractivity contribution in [3.8, 4) is 0 Å². The first-order valence-electron chi connectivity index (χ1n) is 8.20. The van der Waals surface area contributed by atoms with Gasteiger partial charge in [-0.05, 0) is 50.4 Å². The summed E-state index contributed by atoms with van der Waals surface area (Å²) in [5.41, 5.74) is 1.25. The number of aromatic nitrogens is 2. The number of hydrogen-bond acceptors (Lipinski definition) is 5. The normalized spacial score (nSPS) is 22.7. The van der Waals surface area contributed by atoms with Gasteiger partial charge in [-0.25, -0.2) is 4.98 Å². The van der Waals surface area contributed by atoms with Crippen LogP contribution in [0.4, 0.5) is 0 Å². The van der Waals surface area contributed by atoms with Crippen LogP contribution in [-0.2, 0) is 6.54 Å². The SMILES string of the molecule is Cc1cc(Cl)cc2c(=O)n(C[C@@H](O)C[C@H]3NCCC[C@@H]3O)cnc12. The van der Waals surface area contributed by atoms with E-state index in [-0.39, 0.29) is 18.1 Å². The molecular formula is C17H22ClN3O3. The maximum absolute atomic E-state index is 12.6. The second kappa shape index (κ2) is 7.19. The summed E-state index contributed by atoms with van der Waals surface area (Å²) in [6.45, 7) is 2.83. The molecule has 0 saturated carbocycles. The number of benzene rings is 1. The fourth-order valence-electron chi connectivity index (χ4n) is 3.31. The molecule has 6 nitrogen and oxygen atoms in total. The van der Waals surface area contributed by atoms with Gasteiger partial charge in [-0.2, -0.15) is 0 Å². The average molecular weight is 352 g/mol. The van der Waals surface area contributed by atoms with E-state index in [2.05, 4.69) is 10.3 Å². The van der Waals surface area contributed by atoms with Gasteiger partial charge in [0.15, 0.2) is 0 Å². The second-order valence-electron chi connectivity index (χ2n) is 6.48. The number of rotatable bonds is 4. The summed E-state index contributed by atoms with van der Waals surface area (Å²) in [7, 11) is 0. The molecule has 3 atom stereocenters. The number of aryl methyl sites for hydroxylation is 1. The molecule has 0 amide bonds.